The molecule has 4 heteroatoms. The number of benzene rings is 4. The number of fused-ring (bicyclic) bond motifs is 3. The van der Waals surface area contributed by atoms with E-state index in [0.29, 0.717) is 0 Å². The van der Waals surface area contributed by atoms with Crippen molar-refractivity contribution in [2.75, 3.05) is 0 Å². The summed E-state index contributed by atoms with van der Waals surface area (Å²) in [6.07, 6.45) is 0. The van der Waals surface area contributed by atoms with Gasteiger partial charge in [0, 0.05) is 10.8 Å². The average Bonchev–Trinajstić information content (AvgIpc) is 3.20. The first-order valence-corrected chi connectivity index (χ1v) is 11.6. The van der Waals surface area contributed by atoms with Gasteiger partial charge in [0.05, 0.1) is 11.2 Å². The Hall–Kier alpha value is -3.34. The van der Waals surface area contributed by atoms with Crippen molar-refractivity contribution in [2.45, 2.75) is 38.9 Å². The monoisotopic (exact) mass is 447 g/mol. The number of aliphatic hydroxyl groups is 1. The van der Waals surface area contributed by atoms with E-state index < -0.39 is 11.2 Å². The van der Waals surface area contributed by atoms with Crippen molar-refractivity contribution < 1.29 is 14.2 Å². The summed E-state index contributed by atoms with van der Waals surface area (Å²) in [5.41, 5.74) is 5.39. The van der Waals surface area contributed by atoms with Crippen LogP contribution in [0.25, 0.3) is 44.2 Å². The molecule has 0 fully saturated rings. The molecular formula is C30H28BO3. The Morgan fingerprint density at radius 3 is 2.00 bits per heavy atom. The second kappa shape index (κ2) is 8.46. The zero-order chi connectivity index (χ0) is 23.9. The first-order valence-electron chi connectivity index (χ1n) is 11.6. The normalized spacial score (nSPS) is 12.4. The predicted octanol–water partition coefficient (Wildman–Crippen LogP) is 6.73. The van der Waals surface area contributed by atoms with Crippen LogP contribution in [0.15, 0.2) is 95.4 Å². The highest BCUT2D eigenvalue weighted by Crippen LogP contribution is 2.39. The molecule has 1 heterocycles. The second-order valence-corrected chi connectivity index (χ2v) is 9.79. The molecule has 0 saturated carbocycles. The molecule has 1 aromatic heterocycles. The topological polar surface area (TPSA) is 42.6 Å². The van der Waals surface area contributed by atoms with Crippen molar-refractivity contribution in [3.05, 3.63) is 91.0 Å². The van der Waals surface area contributed by atoms with Gasteiger partial charge in [0.15, 0.2) is 0 Å². The Labute approximate surface area is 201 Å². The van der Waals surface area contributed by atoms with Crippen molar-refractivity contribution in [2.24, 2.45) is 0 Å². The van der Waals surface area contributed by atoms with Crippen molar-refractivity contribution in [1.29, 1.82) is 0 Å². The molecule has 3 nitrogen and oxygen atoms in total. The summed E-state index contributed by atoms with van der Waals surface area (Å²) in [6.45, 7) is 7.25. The van der Waals surface area contributed by atoms with E-state index in [9.17, 15) is 5.11 Å². The lowest BCUT2D eigenvalue weighted by Crippen LogP contribution is -2.49. The maximum absolute atomic E-state index is 10.4. The Kier molecular flexibility index (Phi) is 5.59. The van der Waals surface area contributed by atoms with E-state index in [4.69, 9.17) is 9.07 Å². The van der Waals surface area contributed by atoms with Crippen LogP contribution < -0.4 is 5.46 Å². The Morgan fingerprint density at radius 2 is 1.35 bits per heavy atom. The van der Waals surface area contributed by atoms with Crippen LogP contribution >= 0.6 is 0 Å². The number of hydrogen-bond acceptors (Lipinski definition) is 3. The first-order chi connectivity index (χ1) is 16.2. The van der Waals surface area contributed by atoms with Crippen molar-refractivity contribution in [3.8, 4) is 22.3 Å². The summed E-state index contributed by atoms with van der Waals surface area (Å²) in [7, 11) is 1.69. The highest BCUT2D eigenvalue weighted by atomic mass is 16.5. The highest BCUT2D eigenvalue weighted by molar-refractivity contribution is 6.47. The van der Waals surface area contributed by atoms with Crippen LogP contribution in [0, 0.1) is 0 Å². The fraction of sp³-hybridized carbons (Fsp3) is 0.200. The van der Waals surface area contributed by atoms with Gasteiger partial charge in [0.1, 0.15) is 11.2 Å². The summed E-state index contributed by atoms with van der Waals surface area (Å²) in [5.74, 6) is 0. The van der Waals surface area contributed by atoms with Crippen LogP contribution in [-0.2, 0) is 4.65 Å². The standard InChI is InChI=1S/C30H28BO3/c1-29(2,32)30(3,4)34-31-23-15-16-24-26(19-23)33-27-18-22(20-11-7-5-8-12-20)17-25(28(24)27)21-13-9-6-10-14-21/h5-19,32H,1-4H3. The van der Waals surface area contributed by atoms with E-state index in [1.54, 1.807) is 21.3 Å². The van der Waals surface area contributed by atoms with Gasteiger partial charge in [-0.3, -0.25) is 0 Å². The number of hydrogen-bond donors (Lipinski definition) is 1. The minimum atomic E-state index is -0.981. The average molecular weight is 447 g/mol. The molecule has 1 N–H and O–H groups in total. The van der Waals surface area contributed by atoms with Gasteiger partial charge in [0.2, 0.25) is 0 Å². The summed E-state index contributed by atoms with van der Waals surface area (Å²) in [4.78, 5) is 0. The molecule has 0 atom stereocenters. The van der Waals surface area contributed by atoms with E-state index in [0.717, 1.165) is 49.7 Å². The molecule has 0 saturated heterocycles. The van der Waals surface area contributed by atoms with Crippen LogP contribution in [0.5, 0.6) is 0 Å². The predicted molar refractivity (Wildman–Crippen MR) is 141 cm³/mol. The van der Waals surface area contributed by atoms with Gasteiger partial charge in [-0.1, -0.05) is 72.8 Å². The third-order valence-corrected chi connectivity index (χ3v) is 6.75. The molecule has 0 spiro atoms. The largest absolute Gasteiger partial charge is 0.456 e. The van der Waals surface area contributed by atoms with E-state index in [1.165, 1.54) is 0 Å². The zero-order valence-electron chi connectivity index (χ0n) is 20.0. The van der Waals surface area contributed by atoms with Crippen LogP contribution in [-0.4, -0.2) is 23.8 Å². The van der Waals surface area contributed by atoms with Crippen molar-refractivity contribution in [3.63, 3.8) is 0 Å². The maximum Gasteiger partial charge on any atom is 0.331 e. The molecule has 0 unspecified atom stereocenters. The molecule has 0 aliphatic heterocycles. The van der Waals surface area contributed by atoms with Gasteiger partial charge in [-0.25, -0.2) is 0 Å². The van der Waals surface area contributed by atoms with Crippen LogP contribution in [0.1, 0.15) is 27.7 Å². The van der Waals surface area contributed by atoms with Crippen LogP contribution in [0.2, 0.25) is 0 Å². The smallest absolute Gasteiger partial charge is 0.331 e. The molecule has 34 heavy (non-hydrogen) atoms. The molecule has 4 aromatic carbocycles. The summed E-state index contributed by atoms with van der Waals surface area (Å²) in [6, 6.07) is 31.3. The quantitative estimate of drug-likeness (QED) is 0.294. The Bertz CT molecular complexity index is 1450. The molecule has 5 aromatic rings. The molecule has 0 amide bonds. The highest BCUT2D eigenvalue weighted by Gasteiger charge is 2.35. The fourth-order valence-electron chi connectivity index (χ4n) is 4.00. The van der Waals surface area contributed by atoms with Crippen molar-refractivity contribution >= 4 is 34.9 Å². The Balaban J connectivity index is 1.63. The van der Waals surface area contributed by atoms with Crippen LogP contribution in [0.4, 0.5) is 0 Å². The molecule has 0 bridgehead atoms. The van der Waals surface area contributed by atoms with E-state index in [2.05, 4.69) is 66.7 Å². The first kappa shape index (κ1) is 22.5. The molecule has 169 valence electrons. The van der Waals surface area contributed by atoms with E-state index in [-0.39, 0.29) is 0 Å². The van der Waals surface area contributed by atoms with Gasteiger partial charge < -0.3 is 14.2 Å². The number of rotatable bonds is 6. The zero-order valence-corrected chi connectivity index (χ0v) is 20.0. The second-order valence-electron chi connectivity index (χ2n) is 9.79. The van der Waals surface area contributed by atoms with Gasteiger partial charge in [-0.2, -0.15) is 0 Å². The number of furan rings is 1. The minimum absolute atomic E-state index is 0.735. The van der Waals surface area contributed by atoms with Gasteiger partial charge in [-0.15, -0.1) is 0 Å². The maximum atomic E-state index is 10.4. The summed E-state index contributed by atoms with van der Waals surface area (Å²) < 4.78 is 12.3. The van der Waals surface area contributed by atoms with Gasteiger partial charge >= 0.3 is 7.48 Å². The third kappa shape index (κ3) is 4.15. The fourth-order valence-corrected chi connectivity index (χ4v) is 4.00. The molecule has 5 rings (SSSR count). The lowest BCUT2D eigenvalue weighted by Gasteiger charge is -2.37. The Morgan fingerprint density at radius 1 is 0.706 bits per heavy atom. The molecule has 0 aliphatic rings. The van der Waals surface area contributed by atoms with Crippen molar-refractivity contribution in [1.82, 2.24) is 0 Å². The minimum Gasteiger partial charge on any atom is -0.456 e. The lowest BCUT2D eigenvalue weighted by molar-refractivity contribution is -0.0893. The van der Waals surface area contributed by atoms with E-state index in [1.807, 2.05) is 38.1 Å². The molecule has 0 aliphatic carbocycles. The third-order valence-electron chi connectivity index (χ3n) is 6.75. The molecule has 1 radical (unpaired) electrons. The van der Waals surface area contributed by atoms with Crippen LogP contribution in [0.3, 0.4) is 0 Å². The lowest BCUT2D eigenvalue weighted by atomic mass is 9.82. The van der Waals surface area contributed by atoms with Gasteiger partial charge in [0.25, 0.3) is 0 Å². The SMILES string of the molecule is CC(C)(O)C(C)(C)O[B]c1ccc2c(c1)oc1cc(-c3ccccc3)cc(-c3ccccc3)c12. The van der Waals surface area contributed by atoms with E-state index >= 15 is 0 Å². The summed E-state index contributed by atoms with van der Waals surface area (Å²) >= 11 is 0. The molecular weight excluding hydrogens is 419 g/mol. The summed E-state index contributed by atoms with van der Waals surface area (Å²) in [5, 5.41) is 12.6. The van der Waals surface area contributed by atoms with Gasteiger partial charge in [-0.05, 0) is 73.6 Å².